The summed E-state index contributed by atoms with van der Waals surface area (Å²) in [5.41, 5.74) is 6.77. The molecular formula is C10H12N4O3S. The second kappa shape index (κ2) is 4.30. The fourth-order valence-corrected chi connectivity index (χ4v) is 2.45. The molecule has 0 aromatic carbocycles. The van der Waals surface area contributed by atoms with Crippen molar-refractivity contribution in [3.8, 4) is 0 Å². The molecule has 0 bridgehead atoms. The van der Waals surface area contributed by atoms with Gasteiger partial charge >= 0.3 is 0 Å². The number of rotatable bonds is 3. The molecule has 0 aliphatic carbocycles. The zero-order chi connectivity index (χ0) is 13.3. The van der Waals surface area contributed by atoms with E-state index in [9.17, 15) is 8.42 Å². The van der Waals surface area contributed by atoms with Crippen LogP contribution in [0.15, 0.2) is 27.7 Å². The highest BCUT2D eigenvalue weighted by molar-refractivity contribution is 7.92. The summed E-state index contributed by atoms with van der Waals surface area (Å²) in [6.45, 7) is 3.42. The molecule has 7 nitrogen and oxygen atoms in total. The van der Waals surface area contributed by atoms with E-state index in [2.05, 4.69) is 14.9 Å². The first-order valence-corrected chi connectivity index (χ1v) is 6.56. The number of nitrogen functional groups attached to an aromatic ring is 1. The van der Waals surface area contributed by atoms with Crippen LogP contribution < -0.4 is 10.5 Å². The molecule has 2 rings (SSSR count). The van der Waals surface area contributed by atoms with Crippen LogP contribution in [-0.4, -0.2) is 18.6 Å². The Morgan fingerprint density at radius 2 is 2.11 bits per heavy atom. The van der Waals surface area contributed by atoms with Gasteiger partial charge in [0.2, 0.25) is 5.88 Å². The highest BCUT2D eigenvalue weighted by atomic mass is 32.2. The molecule has 2 aromatic rings. The Kier molecular flexibility index (Phi) is 2.95. The maximum Gasteiger partial charge on any atom is 0.267 e. The Bertz CT molecular complexity index is 678. The molecule has 0 atom stereocenters. The van der Waals surface area contributed by atoms with Crippen molar-refractivity contribution in [2.24, 2.45) is 0 Å². The number of anilines is 2. The van der Waals surface area contributed by atoms with Crippen LogP contribution in [0.4, 0.5) is 11.7 Å². The van der Waals surface area contributed by atoms with E-state index in [0.29, 0.717) is 11.3 Å². The fraction of sp³-hybridized carbons (Fsp3) is 0.200. The third-order valence-corrected chi connectivity index (χ3v) is 3.85. The molecule has 0 amide bonds. The molecule has 18 heavy (non-hydrogen) atoms. The van der Waals surface area contributed by atoms with Gasteiger partial charge in [0.25, 0.3) is 10.0 Å². The summed E-state index contributed by atoms with van der Waals surface area (Å²) in [5, 5.41) is 3.67. The van der Waals surface area contributed by atoms with E-state index in [1.807, 2.05) is 0 Å². The van der Waals surface area contributed by atoms with E-state index in [1.54, 1.807) is 13.8 Å². The number of nitrogens with two attached hydrogens (primary N) is 1. The van der Waals surface area contributed by atoms with Gasteiger partial charge in [-0.25, -0.2) is 18.1 Å². The average Bonchev–Trinajstić information content (AvgIpc) is 2.61. The summed E-state index contributed by atoms with van der Waals surface area (Å²) in [6.07, 6.45) is 1.41. The van der Waals surface area contributed by atoms with Gasteiger partial charge in [-0.15, -0.1) is 0 Å². The van der Waals surface area contributed by atoms with E-state index >= 15 is 0 Å². The molecule has 2 heterocycles. The second-order valence-corrected chi connectivity index (χ2v) is 5.37. The Hall–Kier alpha value is -2.09. The predicted octanol–water partition coefficient (Wildman–Crippen LogP) is 1.07. The average molecular weight is 268 g/mol. The Morgan fingerprint density at radius 3 is 2.67 bits per heavy atom. The molecule has 0 aliphatic rings. The van der Waals surface area contributed by atoms with Gasteiger partial charge in [-0.3, -0.25) is 0 Å². The van der Waals surface area contributed by atoms with Crippen molar-refractivity contribution in [3.63, 3.8) is 0 Å². The lowest BCUT2D eigenvalue weighted by atomic mass is 10.3. The zero-order valence-electron chi connectivity index (χ0n) is 9.84. The van der Waals surface area contributed by atoms with Crippen molar-refractivity contribution < 1.29 is 12.9 Å². The summed E-state index contributed by atoms with van der Waals surface area (Å²) < 4.78 is 31.3. The first-order chi connectivity index (χ1) is 8.42. The van der Waals surface area contributed by atoms with Gasteiger partial charge in [0.1, 0.15) is 10.7 Å². The Balaban J connectivity index is 2.40. The van der Waals surface area contributed by atoms with Gasteiger partial charge in [0.05, 0.1) is 5.69 Å². The lowest BCUT2D eigenvalue weighted by molar-refractivity contribution is 0.430. The standard InChI is InChI=1S/C10H12N4O3S/c1-6-7(2)13-17-10(6)14-18(15,16)8-4-3-5-12-9(8)11/h3-5,14H,1-2H3,(H2,11,12). The normalized spacial score (nSPS) is 11.4. The first kappa shape index (κ1) is 12.4. The molecule has 3 N–H and O–H groups in total. The van der Waals surface area contributed by atoms with Gasteiger partial charge in [-0.1, -0.05) is 5.16 Å². The van der Waals surface area contributed by atoms with Gasteiger partial charge in [-0.2, -0.15) is 0 Å². The molecular weight excluding hydrogens is 256 g/mol. The van der Waals surface area contributed by atoms with Crippen LogP contribution in [-0.2, 0) is 10.0 Å². The molecule has 0 unspecified atom stereocenters. The third-order valence-electron chi connectivity index (χ3n) is 2.47. The van der Waals surface area contributed by atoms with Gasteiger partial charge in [0, 0.05) is 11.8 Å². The smallest absolute Gasteiger partial charge is 0.267 e. The van der Waals surface area contributed by atoms with Crippen molar-refractivity contribution in [3.05, 3.63) is 29.6 Å². The van der Waals surface area contributed by atoms with Gasteiger partial charge in [-0.05, 0) is 26.0 Å². The van der Waals surface area contributed by atoms with Crippen LogP contribution in [0.1, 0.15) is 11.3 Å². The molecule has 8 heteroatoms. The van der Waals surface area contributed by atoms with Crippen LogP contribution in [0, 0.1) is 13.8 Å². The van der Waals surface area contributed by atoms with Crippen molar-refractivity contribution in [2.45, 2.75) is 18.7 Å². The van der Waals surface area contributed by atoms with E-state index in [1.165, 1.54) is 18.3 Å². The number of aromatic nitrogens is 2. The Labute approximate surface area is 104 Å². The number of sulfonamides is 1. The van der Waals surface area contributed by atoms with Crippen molar-refractivity contribution in [2.75, 3.05) is 10.5 Å². The molecule has 0 saturated heterocycles. The minimum Gasteiger partial charge on any atom is -0.383 e. The monoisotopic (exact) mass is 268 g/mol. The van der Waals surface area contributed by atoms with Gasteiger partial charge in [0.15, 0.2) is 0 Å². The van der Waals surface area contributed by atoms with Gasteiger partial charge < -0.3 is 10.3 Å². The Morgan fingerprint density at radius 1 is 1.39 bits per heavy atom. The lowest BCUT2D eigenvalue weighted by Gasteiger charge is -2.06. The maximum absolute atomic E-state index is 12.1. The molecule has 96 valence electrons. The molecule has 0 radical (unpaired) electrons. The van der Waals surface area contributed by atoms with E-state index < -0.39 is 10.0 Å². The van der Waals surface area contributed by atoms with Crippen LogP contribution in [0.25, 0.3) is 0 Å². The van der Waals surface area contributed by atoms with Crippen molar-refractivity contribution in [1.82, 2.24) is 10.1 Å². The lowest BCUT2D eigenvalue weighted by Crippen LogP contribution is -2.15. The molecule has 0 aliphatic heterocycles. The van der Waals surface area contributed by atoms with Crippen LogP contribution >= 0.6 is 0 Å². The highest BCUT2D eigenvalue weighted by Crippen LogP contribution is 2.23. The van der Waals surface area contributed by atoms with Crippen LogP contribution in [0.5, 0.6) is 0 Å². The molecule has 0 fully saturated rings. The minimum atomic E-state index is -3.82. The summed E-state index contributed by atoms with van der Waals surface area (Å²) in [6, 6.07) is 2.85. The van der Waals surface area contributed by atoms with E-state index in [-0.39, 0.29) is 16.6 Å². The fourth-order valence-electron chi connectivity index (χ4n) is 1.32. The number of hydrogen-bond acceptors (Lipinski definition) is 6. The summed E-state index contributed by atoms with van der Waals surface area (Å²) in [5.74, 6) is 0.00893. The predicted molar refractivity (Wildman–Crippen MR) is 65.4 cm³/mol. The first-order valence-electron chi connectivity index (χ1n) is 5.08. The maximum atomic E-state index is 12.1. The zero-order valence-corrected chi connectivity index (χ0v) is 10.7. The summed E-state index contributed by atoms with van der Waals surface area (Å²) in [7, 11) is -3.82. The third kappa shape index (κ3) is 2.14. The van der Waals surface area contributed by atoms with Crippen molar-refractivity contribution >= 4 is 21.7 Å². The quantitative estimate of drug-likeness (QED) is 0.861. The number of hydrogen-bond donors (Lipinski definition) is 2. The number of aryl methyl sites for hydroxylation is 1. The summed E-state index contributed by atoms with van der Waals surface area (Å²) >= 11 is 0. The SMILES string of the molecule is Cc1noc(NS(=O)(=O)c2cccnc2N)c1C. The highest BCUT2D eigenvalue weighted by Gasteiger charge is 2.21. The minimum absolute atomic E-state index is 0.0705. The van der Waals surface area contributed by atoms with Crippen LogP contribution in [0.2, 0.25) is 0 Å². The van der Waals surface area contributed by atoms with Crippen LogP contribution in [0.3, 0.4) is 0 Å². The van der Waals surface area contributed by atoms with Crippen molar-refractivity contribution in [1.29, 1.82) is 0 Å². The number of nitrogens with zero attached hydrogens (tertiary/aromatic N) is 2. The summed E-state index contributed by atoms with van der Waals surface area (Å²) in [4.78, 5) is 3.63. The van der Waals surface area contributed by atoms with E-state index in [0.717, 1.165) is 0 Å². The topological polar surface area (TPSA) is 111 Å². The largest absolute Gasteiger partial charge is 0.383 e. The molecule has 0 spiro atoms. The number of nitrogens with one attached hydrogen (secondary N) is 1. The number of pyridine rings is 1. The van der Waals surface area contributed by atoms with E-state index in [4.69, 9.17) is 10.3 Å². The second-order valence-electron chi connectivity index (χ2n) is 3.71. The molecule has 2 aromatic heterocycles. The molecule has 0 saturated carbocycles.